The Hall–Kier alpha value is -3.45. The zero-order valence-electron chi connectivity index (χ0n) is 16.9. The SMILES string of the molecule is CC/C(=N/Nc1nc(-c2cc3cc(OC)ccc3oc2=O)cs1)c1ccc(C)cc1. The molecule has 0 saturated heterocycles. The highest BCUT2D eigenvalue weighted by molar-refractivity contribution is 7.14. The molecule has 0 atom stereocenters. The molecule has 0 aliphatic rings. The number of thiazole rings is 1. The Balaban J connectivity index is 1.61. The number of methoxy groups -OCH3 is 1. The maximum atomic E-state index is 12.4. The summed E-state index contributed by atoms with van der Waals surface area (Å²) in [4.78, 5) is 17.0. The van der Waals surface area contributed by atoms with E-state index < -0.39 is 5.63 Å². The minimum Gasteiger partial charge on any atom is -0.497 e. The Morgan fingerprint density at radius 2 is 2.00 bits per heavy atom. The van der Waals surface area contributed by atoms with Gasteiger partial charge >= 0.3 is 5.63 Å². The summed E-state index contributed by atoms with van der Waals surface area (Å²) in [5.41, 5.74) is 7.25. The molecule has 2 aromatic carbocycles. The average Bonchev–Trinajstić information content (AvgIpc) is 3.23. The molecule has 0 fully saturated rings. The molecule has 4 aromatic rings. The molecular formula is C23H21N3O3S. The van der Waals surface area contributed by atoms with Gasteiger partial charge in [-0.25, -0.2) is 9.78 Å². The van der Waals surface area contributed by atoms with Gasteiger partial charge in [-0.2, -0.15) is 5.10 Å². The Bertz CT molecular complexity index is 1270. The van der Waals surface area contributed by atoms with Crippen LogP contribution in [0.2, 0.25) is 0 Å². The van der Waals surface area contributed by atoms with Gasteiger partial charge in [0.25, 0.3) is 0 Å². The minimum atomic E-state index is -0.429. The third-order valence-corrected chi connectivity index (χ3v) is 5.47. The third kappa shape index (κ3) is 4.11. The molecule has 4 rings (SSSR count). The molecule has 0 bridgehead atoms. The van der Waals surface area contributed by atoms with Crippen LogP contribution in [0.15, 0.2) is 68.2 Å². The van der Waals surface area contributed by atoms with Crippen molar-refractivity contribution in [1.82, 2.24) is 4.98 Å². The van der Waals surface area contributed by atoms with Crippen molar-refractivity contribution in [2.75, 3.05) is 12.5 Å². The van der Waals surface area contributed by atoms with Crippen LogP contribution < -0.4 is 15.8 Å². The summed E-state index contributed by atoms with van der Waals surface area (Å²) < 4.78 is 10.7. The number of nitrogens with zero attached hydrogens (tertiary/aromatic N) is 2. The maximum Gasteiger partial charge on any atom is 0.345 e. The van der Waals surface area contributed by atoms with Crippen molar-refractivity contribution in [3.8, 4) is 17.0 Å². The van der Waals surface area contributed by atoms with Gasteiger partial charge in [0, 0.05) is 10.8 Å². The fraction of sp³-hybridized carbons (Fsp3) is 0.174. The predicted molar refractivity (Wildman–Crippen MR) is 122 cm³/mol. The molecule has 0 spiro atoms. The van der Waals surface area contributed by atoms with Gasteiger partial charge in [0.2, 0.25) is 5.13 Å². The first kappa shape index (κ1) is 19.8. The highest BCUT2D eigenvalue weighted by Gasteiger charge is 2.12. The van der Waals surface area contributed by atoms with Crippen LogP contribution in [0.25, 0.3) is 22.2 Å². The van der Waals surface area contributed by atoms with Gasteiger partial charge in [-0.05, 0) is 43.2 Å². The first-order chi connectivity index (χ1) is 14.6. The average molecular weight is 420 g/mol. The fourth-order valence-electron chi connectivity index (χ4n) is 3.06. The van der Waals surface area contributed by atoms with E-state index in [0.29, 0.717) is 27.7 Å². The Kier molecular flexibility index (Phi) is 5.63. The zero-order chi connectivity index (χ0) is 21.1. The van der Waals surface area contributed by atoms with Crippen molar-refractivity contribution in [3.63, 3.8) is 0 Å². The van der Waals surface area contributed by atoms with E-state index in [-0.39, 0.29) is 0 Å². The zero-order valence-corrected chi connectivity index (χ0v) is 17.7. The van der Waals surface area contributed by atoms with Gasteiger partial charge in [-0.1, -0.05) is 36.8 Å². The fourth-order valence-corrected chi connectivity index (χ4v) is 3.72. The monoisotopic (exact) mass is 419 g/mol. The van der Waals surface area contributed by atoms with Crippen LogP contribution in [-0.2, 0) is 0 Å². The van der Waals surface area contributed by atoms with Gasteiger partial charge < -0.3 is 9.15 Å². The maximum absolute atomic E-state index is 12.4. The molecule has 0 amide bonds. The van der Waals surface area contributed by atoms with Crippen molar-refractivity contribution in [1.29, 1.82) is 0 Å². The number of hydrogen-bond acceptors (Lipinski definition) is 7. The summed E-state index contributed by atoms with van der Waals surface area (Å²) in [5.74, 6) is 0.695. The highest BCUT2D eigenvalue weighted by Crippen LogP contribution is 2.27. The first-order valence-electron chi connectivity index (χ1n) is 9.55. The van der Waals surface area contributed by atoms with Crippen LogP contribution >= 0.6 is 11.3 Å². The van der Waals surface area contributed by atoms with E-state index in [1.165, 1.54) is 16.9 Å². The molecule has 2 aromatic heterocycles. The second-order valence-electron chi connectivity index (χ2n) is 6.78. The first-order valence-corrected chi connectivity index (χ1v) is 10.4. The molecule has 1 N–H and O–H groups in total. The van der Waals surface area contributed by atoms with E-state index >= 15 is 0 Å². The lowest BCUT2D eigenvalue weighted by Crippen LogP contribution is -2.04. The van der Waals surface area contributed by atoms with Crippen LogP contribution in [0.3, 0.4) is 0 Å². The summed E-state index contributed by atoms with van der Waals surface area (Å²) in [6.45, 7) is 4.11. The predicted octanol–water partition coefficient (Wildman–Crippen LogP) is 5.46. The Labute approximate surface area is 177 Å². The van der Waals surface area contributed by atoms with E-state index in [4.69, 9.17) is 9.15 Å². The Morgan fingerprint density at radius 1 is 1.20 bits per heavy atom. The summed E-state index contributed by atoms with van der Waals surface area (Å²) in [6, 6.07) is 15.3. The number of fused-ring (bicyclic) bond motifs is 1. The quantitative estimate of drug-likeness (QED) is 0.255. The molecule has 0 unspecified atom stereocenters. The molecule has 0 saturated carbocycles. The molecule has 7 heteroatoms. The van der Waals surface area contributed by atoms with Gasteiger partial charge in [-0.15, -0.1) is 11.3 Å². The molecule has 0 aliphatic heterocycles. The molecule has 0 radical (unpaired) electrons. The van der Waals surface area contributed by atoms with Crippen molar-refractivity contribution in [3.05, 3.63) is 75.5 Å². The number of aryl methyl sites for hydroxylation is 1. The molecule has 30 heavy (non-hydrogen) atoms. The van der Waals surface area contributed by atoms with E-state index in [0.717, 1.165) is 23.1 Å². The number of hydrogen-bond donors (Lipinski definition) is 1. The summed E-state index contributed by atoms with van der Waals surface area (Å²) in [5, 5.41) is 7.70. The molecule has 0 aliphatic carbocycles. The van der Waals surface area contributed by atoms with Gasteiger partial charge in [0.15, 0.2) is 0 Å². The van der Waals surface area contributed by atoms with Crippen LogP contribution in [0.1, 0.15) is 24.5 Å². The second kappa shape index (κ2) is 8.51. The number of benzene rings is 2. The smallest absolute Gasteiger partial charge is 0.345 e. The van der Waals surface area contributed by atoms with Gasteiger partial charge in [0.1, 0.15) is 11.3 Å². The van der Waals surface area contributed by atoms with Crippen LogP contribution in [0.4, 0.5) is 5.13 Å². The lowest BCUT2D eigenvalue weighted by atomic mass is 10.1. The topological polar surface area (TPSA) is 76.7 Å². The van der Waals surface area contributed by atoms with E-state index in [1.54, 1.807) is 25.3 Å². The summed E-state index contributed by atoms with van der Waals surface area (Å²) in [7, 11) is 1.60. The number of aromatic nitrogens is 1. The van der Waals surface area contributed by atoms with Crippen LogP contribution in [0, 0.1) is 6.92 Å². The highest BCUT2D eigenvalue weighted by atomic mass is 32.1. The van der Waals surface area contributed by atoms with Crippen molar-refractivity contribution in [2.45, 2.75) is 20.3 Å². The van der Waals surface area contributed by atoms with E-state index in [9.17, 15) is 4.79 Å². The van der Waals surface area contributed by atoms with Crippen molar-refractivity contribution in [2.24, 2.45) is 5.10 Å². The number of nitrogens with one attached hydrogen (secondary N) is 1. The molecule has 152 valence electrons. The lowest BCUT2D eigenvalue weighted by molar-refractivity contribution is 0.415. The standard InChI is InChI=1S/C23H21N3O3S/c1-4-19(15-7-5-14(2)6-8-15)25-26-23-24-20(13-30-23)18-12-16-11-17(28-3)9-10-21(16)29-22(18)27/h5-13H,4H2,1-3H3,(H,24,26)/b25-19-. The largest absolute Gasteiger partial charge is 0.497 e. The Morgan fingerprint density at radius 3 is 2.73 bits per heavy atom. The summed E-state index contributed by atoms with van der Waals surface area (Å²) in [6.07, 6.45) is 0.782. The third-order valence-electron chi connectivity index (χ3n) is 4.73. The second-order valence-corrected chi connectivity index (χ2v) is 7.64. The molecule has 6 nitrogen and oxygen atoms in total. The number of hydrazone groups is 1. The summed E-state index contributed by atoms with van der Waals surface area (Å²) >= 11 is 1.38. The van der Waals surface area contributed by atoms with Gasteiger partial charge in [-0.3, -0.25) is 5.43 Å². The van der Waals surface area contributed by atoms with Crippen LogP contribution in [-0.4, -0.2) is 17.8 Å². The van der Waals surface area contributed by atoms with E-state index in [1.807, 2.05) is 11.4 Å². The number of anilines is 1. The molecular weight excluding hydrogens is 398 g/mol. The lowest BCUT2D eigenvalue weighted by Gasteiger charge is -2.05. The number of ether oxygens (including phenoxy) is 1. The normalized spacial score (nSPS) is 11.6. The van der Waals surface area contributed by atoms with Crippen molar-refractivity contribution < 1.29 is 9.15 Å². The van der Waals surface area contributed by atoms with E-state index in [2.05, 4.69) is 53.6 Å². The minimum absolute atomic E-state index is 0.401. The van der Waals surface area contributed by atoms with Crippen LogP contribution in [0.5, 0.6) is 5.75 Å². The van der Waals surface area contributed by atoms with Gasteiger partial charge in [0.05, 0.1) is 24.1 Å². The van der Waals surface area contributed by atoms with Crippen molar-refractivity contribution >= 4 is 33.1 Å². The molecule has 2 heterocycles. The number of rotatable bonds is 6.